The Morgan fingerprint density at radius 3 is 2.50 bits per heavy atom. The number of halogens is 3. The molecule has 1 N–H and O–H groups in total. The monoisotopic (exact) mass is 279 g/mol. The van der Waals surface area contributed by atoms with Gasteiger partial charge >= 0.3 is 0 Å². The lowest BCUT2D eigenvalue weighted by atomic mass is 9.95. The van der Waals surface area contributed by atoms with E-state index in [0.29, 0.717) is 5.56 Å². The number of hydrogen-bond acceptors (Lipinski definition) is 1. The van der Waals surface area contributed by atoms with E-state index in [4.69, 9.17) is 0 Å². The molecule has 0 amide bonds. The molecule has 0 aliphatic carbocycles. The summed E-state index contributed by atoms with van der Waals surface area (Å²) < 4.78 is 40.8. The Hall–Kier alpha value is -1.81. The first kappa shape index (κ1) is 14.6. The smallest absolute Gasteiger partial charge is 0.166 e. The highest BCUT2D eigenvalue weighted by atomic mass is 19.2. The van der Waals surface area contributed by atoms with E-state index in [9.17, 15) is 13.2 Å². The molecule has 0 fully saturated rings. The third-order valence-corrected chi connectivity index (χ3v) is 3.23. The molecule has 4 heteroatoms. The van der Waals surface area contributed by atoms with Crippen LogP contribution in [0.5, 0.6) is 0 Å². The topological polar surface area (TPSA) is 12.0 Å². The highest BCUT2D eigenvalue weighted by Gasteiger charge is 2.17. The quantitative estimate of drug-likeness (QED) is 0.872. The summed E-state index contributed by atoms with van der Waals surface area (Å²) in [5, 5.41) is 3.19. The molecule has 0 saturated carbocycles. The van der Waals surface area contributed by atoms with Crippen molar-refractivity contribution in [3.05, 3.63) is 59.4 Å². The minimum absolute atomic E-state index is 0.0734. The van der Waals surface area contributed by atoms with Crippen molar-refractivity contribution < 1.29 is 13.2 Å². The molecule has 1 atom stereocenters. The molecule has 0 aromatic heterocycles. The molecule has 2 aromatic carbocycles. The number of benzene rings is 2. The van der Waals surface area contributed by atoms with Crippen LogP contribution in [0.3, 0.4) is 0 Å². The van der Waals surface area contributed by atoms with E-state index >= 15 is 0 Å². The van der Waals surface area contributed by atoms with Crippen molar-refractivity contribution in [2.75, 3.05) is 6.54 Å². The van der Waals surface area contributed by atoms with Crippen LogP contribution in [0, 0.1) is 17.5 Å². The van der Waals surface area contributed by atoms with Crippen LogP contribution in [0.1, 0.15) is 25.5 Å². The van der Waals surface area contributed by atoms with Crippen molar-refractivity contribution >= 4 is 0 Å². The molecule has 20 heavy (non-hydrogen) atoms. The zero-order chi connectivity index (χ0) is 14.7. The summed E-state index contributed by atoms with van der Waals surface area (Å²) in [6.07, 6.45) is 0. The first-order valence-corrected chi connectivity index (χ1v) is 6.51. The van der Waals surface area contributed by atoms with Crippen molar-refractivity contribution in [1.29, 1.82) is 0 Å². The van der Waals surface area contributed by atoms with E-state index in [1.54, 1.807) is 6.07 Å². The Labute approximate surface area is 116 Å². The maximum atomic E-state index is 13.9. The standard InChI is InChI=1S/C16H16F3N/c1-3-20-10(2)12-8-7-11(17)9-14(12)13-5-4-6-15(18)16(13)19/h4-10,20H,3H2,1-2H3. The summed E-state index contributed by atoms with van der Waals surface area (Å²) in [4.78, 5) is 0. The third-order valence-electron chi connectivity index (χ3n) is 3.23. The van der Waals surface area contributed by atoms with Gasteiger partial charge in [0.05, 0.1) is 0 Å². The highest BCUT2D eigenvalue weighted by molar-refractivity contribution is 5.68. The van der Waals surface area contributed by atoms with Crippen LogP contribution in [0.25, 0.3) is 11.1 Å². The summed E-state index contributed by atoms with van der Waals surface area (Å²) in [7, 11) is 0. The molecule has 2 rings (SSSR count). The second-order valence-electron chi connectivity index (χ2n) is 4.61. The van der Waals surface area contributed by atoms with Crippen molar-refractivity contribution in [2.45, 2.75) is 19.9 Å². The lowest BCUT2D eigenvalue weighted by Gasteiger charge is -2.18. The minimum Gasteiger partial charge on any atom is -0.310 e. The SMILES string of the molecule is CCNC(C)c1ccc(F)cc1-c1cccc(F)c1F. The van der Waals surface area contributed by atoms with Gasteiger partial charge in [-0.25, -0.2) is 13.2 Å². The second-order valence-corrected chi connectivity index (χ2v) is 4.61. The van der Waals surface area contributed by atoms with E-state index < -0.39 is 17.5 Å². The molecule has 2 aromatic rings. The van der Waals surface area contributed by atoms with Gasteiger partial charge in [0.25, 0.3) is 0 Å². The Morgan fingerprint density at radius 2 is 1.80 bits per heavy atom. The molecule has 0 spiro atoms. The molecule has 0 radical (unpaired) electrons. The number of hydrogen-bond donors (Lipinski definition) is 1. The van der Waals surface area contributed by atoms with E-state index in [1.165, 1.54) is 24.3 Å². The van der Waals surface area contributed by atoms with Gasteiger partial charge in [0.1, 0.15) is 5.82 Å². The number of rotatable bonds is 4. The van der Waals surface area contributed by atoms with Crippen LogP contribution >= 0.6 is 0 Å². The van der Waals surface area contributed by atoms with E-state index in [0.717, 1.165) is 18.2 Å². The van der Waals surface area contributed by atoms with Gasteiger partial charge in [-0.3, -0.25) is 0 Å². The number of nitrogens with one attached hydrogen (secondary N) is 1. The highest BCUT2D eigenvalue weighted by Crippen LogP contribution is 2.31. The average Bonchev–Trinajstić information content (AvgIpc) is 2.42. The fraction of sp³-hybridized carbons (Fsp3) is 0.250. The normalized spacial score (nSPS) is 12.4. The fourth-order valence-corrected chi connectivity index (χ4v) is 2.27. The van der Waals surface area contributed by atoms with Gasteiger partial charge in [-0.05, 0) is 42.8 Å². The molecule has 106 valence electrons. The summed E-state index contributed by atoms with van der Waals surface area (Å²) in [6.45, 7) is 4.57. The average molecular weight is 279 g/mol. The first-order valence-electron chi connectivity index (χ1n) is 6.51. The van der Waals surface area contributed by atoms with Crippen LogP contribution in [0.4, 0.5) is 13.2 Å². The maximum absolute atomic E-state index is 13.9. The van der Waals surface area contributed by atoms with Gasteiger partial charge in [-0.1, -0.05) is 25.1 Å². The van der Waals surface area contributed by atoms with Gasteiger partial charge < -0.3 is 5.32 Å². The van der Waals surface area contributed by atoms with Gasteiger partial charge in [0, 0.05) is 11.6 Å². The molecule has 0 bridgehead atoms. The second kappa shape index (κ2) is 6.09. The fourth-order valence-electron chi connectivity index (χ4n) is 2.27. The summed E-state index contributed by atoms with van der Waals surface area (Å²) in [5.41, 5.74) is 1.18. The van der Waals surface area contributed by atoms with Crippen LogP contribution in [-0.2, 0) is 0 Å². The summed E-state index contributed by atoms with van der Waals surface area (Å²) >= 11 is 0. The third kappa shape index (κ3) is 2.85. The van der Waals surface area contributed by atoms with Gasteiger partial charge in [0.15, 0.2) is 11.6 Å². The van der Waals surface area contributed by atoms with Crippen LogP contribution in [0.2, 0.25) is 0 Å². The molecule has 1 nitrogen and oxygen atoms in total. The van der Waals surface area contributed by atoms with Crippen LogP contribution in [-0.4, -0.2) is 6.54 Å². The predicted octanol–water partition coefficient (Wildman–Crippen LogP) is 4.44. The van der Waals surface area contributed by atoms with Crippen LogP contribution in [0.15, 0.2) is 36.4 Å². The van der Waals surface area contributed by atoms with Crippen LogP contribution < -0.4 is 5.32 Å². The van der Waals surface area contributed by atoms with Gasteiger partial charge in [-0.15, -0.1) is 0 Å². The van der Waals surface area contributed by atoms with Crippen molar-refractivity contribution in [2.24, 2.45) is 0 Å². The molecule has 0 saturated heterocycles. The Balaban J connectivity index is 2.60. The van der Waals surface area contributed by atoms with Gasteiger partial charge in [0.2, 0.25) is 0 Å². The minimum atomic E-state index is -0.956. The largest absolute Gasteiger partial charge is 0.310 e. The molecular weight excluding hydrogens is 263 g/mol. The van der Waals surface area contributed by atoms with Gasteiger partial charge in [-0.2, -0.15) is 0 Å². The van der Waals surface area contributed by atoms with E-state index in [2.05, 4.69) is 5.32 Å². The van der Waals surface area contributed by atoms with E-state index in [1.807, 2.05) is 13.8 Å². The van der Waals surface area contributed by atoms with E-state index in [-0.39, 0.29) is 11.6 Å². The van der Waals surface area contributed by atoms with Crippen molar-refractivity contribution in [3.8, 4) is 11.1 Å². The molecule has 0 aliphatic rings. The summed E-state index contributed by atoms with van der Waals surface area (Å²) in [6, 6.07) is 7.99. The maximum Gasteiger partial charge on any atom is 0.166 e. The lowest BCUT2D eigenvalue weighted by Crippen LogP contribution is -2.18. The zero-order valence-corrected chi connectivity index (χ0v) is 11.4. The molecular formula is C16H16F3N. The van der Waals surface area contributed by atoms with Crippen molar-refractivity contribution in [3.63, 3.8) is 0 Å². The predicted molar refractivity (Wildman–Crippen MR) is 73.8 cm³/mol. The summed E-state index contributed by atoms with van der Waals surface area (Å²) in [5.74, 6) is -2.37. The zero-order valence-electron chi connectivity index (χ0n) is 11.4. The van der Waals surface area contributed by atoms with Crippen molar-refractivity contribution in [1.82, 2.24) is 5.32 Å². The molecule has 0 heterocycles. The Morgan fingerprint density at radius 1 is 1.05 bits per heavy atom. The first-order chi connectivity index (χ1) is 9.54. The molecule has 1 unspecified atom stereocenters. The Bertz CT molecular complexity index is 611. The molecule has 0 aliphatic heterocycles. The lowest BCUT2D eigenvalue weighted by molar-refractivity contribution is 0.510. The Kier molecular flexibility index (Phi) is 4.45.